The highest BCUT2D eigenvalue weighted by molar-refractivity contribution is 4.89. The van der Waals surface area contributed by atoms with E-state index < -0.39 is 24.9 Å². The Labute approximate surface area is 82.2 Å². The highest BCUT2D eigenvalue weighted by Crippen LogP contribution is 2.25. The van der Waals surface area contributed by atoms with Crippen LogP contribution in [-0.4, -0.2) is 32.6 Å². The molecule has 1 atom stereocenters. The van der Waals surface area contributed by atoms with Crippen LogP contribution in [0.15, 0.2) is 0 Å². The molecule has 0 saturated heterocycles. The summed E-state index contributed by atoms with van der Waals surface area (Å²) in [6.45, 7) is 0.178. The van der Waals surface area contributed by atoms with Crippen LogP contribution in [0.1, 0.15) is 18.8 Å². The zero-order valence-electron chi connectivity index (χ0n) is 7.74. The first-order valence-electron chi connectivity index (χ1n) is 4.02. The number of hydrogen-bond donors (Lipinski definition) is 1. The van der Waals surface area contributed by atoms with Gasteiger partial charge in [0.1, 0.15) is 6.54 Å². The van der Waals surface area contributed by atoms with E-state index in [4.69, 9.17) is 5.73 Å². The first kappa shape index (κ1) is 11.8. The van der Waals surface area contributed by atoms with Gasteiger partial charge in [-0.05, 0) is 17.4 Å². The van der Waals surface area contributed by atoms with Crippen molar-refractivity contribution < 1.29 is 17.6 Å². The maximum atomic E-state index is 12.6. The lowest BCUT2D eigenvalue weighted by Gasteiger charge is -2.15. The number of alkyl halides is 4. The molecule has 0 aliphatic heterocycles. The van der Waals surface area contributed by atoms with E-state index in [1.54, 1.807) is 0 Å². The van der Waals surface area contributed by atoms with Gasteiger partial charge in [0, 0.05) is 0 Å². The number of aromatic nitrogens is 4. The molecule has 1 heterocycles. The van der Waals surface area contributed by atoms with E-state index in [2.05, 4.69) is 15.5 Å². The van der Waals surface area contributed by atoms with Crippen LogP contribution in [-0.2, 0) is 6.54 Å². The van der Waals surface area contributed by atoms with Crippen molar-refractivity contribution in [2.45, 2.75) is 31.9 Å². The van der Waals surface area contributed by atoms with Gasteiger partial charge < -0.3 is 5.73 Å². The van der Waals surface area contributed by atoms with Crippen LogP contribution < -0.4 is 5.73 Å². The normalized spacial score (nSPS) is 14.6. The number of rotatable bonds is 4. The summed E-state index contributed by atoms with van der Waals surface area (Å²) in [4.78, 5) is 0. The Bertz CT molecular complexity index is 323. The topological polar surface area (TPSA) is 69.6 Å². The van der Waals surface area contributed by atoms with Gasteiger partial charge in [-0.1, -0.05) is 0 Å². The van der Waals surface area contributed by atoms with Crippen molar-refractivity contribution >= 4 is 0 Å². The Hall–Kier alpha value is -1.25. The van der Waals surface area contributed by atoms with Crippen LogP contribution in [0, 0.1) is 0 Å². The van der Waals surface area contributed by atoms with Crippen LogP contribution in [0.25, 0.3) is 0 Å². The SMILES string of the molecule is CC(N)c1nnnn1CC(F)(F)C(F)F. The molecule has 9 heteroatoms. The molecule has 0 aromatic carbocycles. The van der Waals surface area contributed by atoms with Gasteiger partial charge in [-0.15, -0.1) is 5.10 Å². The van der Waals surface area contributed by atoms with Gasteiger partial charge in [0.25, 0.3) is 0 Å². The number of tetrazole rings is 1. The third-order valence-electron chi connectivity index (χ3n) is 1.65. The third kappa shape index (κ3) is 2.61. The molecule has 0 aliphatic rings. The summed E-state index contributed by atoms with van der Waals surface area (Å²) in [6, 6.07) is -0.700. The predicted octanol–water partition coefficient (Wildman–Crippen LogP) is 0.593. The Morgan fingerprint density at radius 3 is 2.53 bits per heavy atom. The molecular formula is C6H9F4N5. The van der Waals surface area contributed by atoms with E-state index in [9.17, 15) is 17.6 Å². The van der Waals surface area contributed by atoms with Gasteiger partial charge in [-0.3, -0.25) is 0 Å². The van der Waals surface area contributed by atoms with E-state index >= 15 is 0 Å². The maximum absolute atomic E-state index is 12.6. The average molecular weight is 227 g/mol. The highest BCUT2D eigenvalue weighted by atomic mass is 19.3. The fourth-order valence-corrected chi connectivity index (χ4v) is 0.919. The summed E-state index contributed by atoms with van der Waals surface area (Å²) < 4.78 is 49.6. The van der Waals surface area contributed by atoms with Crippen LogP contribution in [0.2, 0.25) is 0 Å². The zero-order chi connectivity index (χ0) is 11.6. The predicted molar refractivity (Wildman–Crippen MR) is 41.4 cm³/mol. The van der Waals surface area contributed by atoms with Crippen molar-refractivity contribution in [3.63, 3.8) is 0 Å². The van der Waals surface area contributed by atoms with E-state index in [1.807, 2.05) is 0 Å². The summed E-state index contributed by atoms with van der Waals surface area (Å²) >= 11 is 0. The van der Waals surface area contributed by atoms with Crippen molar-refractivity contribution in [1.29, 1.82) is 0 Å². The summed E-state index contributed by atoms with van der Waals surface area (Å²) in [6.07, 6.45) is -3.76. The Kier molecular flexibility index (Phi) is 3.22. The zero-order valence-corrected chi connectivity index (χ0v) is 7.74. The average Bonchev–Trinajstić information content (AvgIpc) is 2.51. The second-order valence-electron chi connectivity index (χ2n) is 3.05. The molecule has 1 aromatic heterocycles. The van der Waals surface area contributed by atoms with Gasteiger partial charge in [-0.25, -0.2) is 13.5 Å². The monoisotopic (exact) mass is 227 g/mol. The molecule has 1 aromatic rings. The van der Waals surface area contributed by atoms with Crippen molar-refractivity contribution in [1.82, 2.24) is 20.2 Å². The molecule has 5 nitrogen and oxygen atoms in total. The van der Waals surface area contributed by atoms with Gasteiger partial charge in [0.15, 0.2) is 5.82 Å². The second-order valence-corrected chi connectivity index (χ2v) is 3.05. The minimum atomic E-state index is -4.17. The Morgan fingerprint density at radius 1 is 1.47 bits per heavy atom. The first-order valence-corrected chi connectivity index (χ1v) is 4.02. The van der Waals surface area contributed by atoms with Crippen molar-refractivity contribution in [2.75, 3.05) is 0 Å². The first-order chi connectivity index (χ1) is 6.84. The van der Waals surface area contributed by atoms with Crippen molar-refractivity contribution in [3.05, 3.63) is 5.82 Å². The van der Waals surface area contributed by atoms with Gasteiger partial charge in [-0.2, -0.15) is 8.78 Å². The molecular weight excluding hydrogens is 218 g/mol. The van der Waals surface area contributed by atoms with Gasteiger partial charge in [0.05, 0.1) is 6.04 Å². The maximum Gasteiger partial charge on any atom is 0.326 e. The minimum Gasteiger partial charge on any atom is -0.322 e. The number of halogens is 4. The molecule has 0 aliphatic carbocycles. The summed E-state index contributed by atoms with van der Waals surface area (Å²) in [5, 5.41) is 9.62. The fraction of sp³-hybridized carbons (Fsp3) is 0.833. The van der Waals surface area contributed by atoms with Gasteiger partial charge in [0.2, 0.25) is 0 Å². The molecule has 0 fully saturated rings. The smallest absolute Gasteiger partial charge is 0.322 e. The Morgan fingerprint density at radius 2 is 2.07 bits per heavy atom. The number of nitrogens with zero attached hydrogens (tertiary/aromatic N) is 4. The number of hydrogen-bond acceptors (Lipinski definition) is 4. The lowest BCUT2D eigenvalue weighted by Crippen LogP contribution is -2.34. The summed E-state index contributed by atoms with van der Waals surface area (Å²) in [5.41, 5.74) is 5.36. The van der Waals surface area contributed by atoms with Crippen LogP contribution in [0.5, 0.6) is 0 Å². The minimum absolute atomic E-state index is 0.0599. The van der Waals surface area contributed by atoms with Crippen LogP contribution in [0.3, 0.4) is 0 Å². The molecule has 1 unspecified atom stereocenters. The Balaban J connectivity index is 2.85. The van der Waals surface area contributed by atoms with Crippen molar-refractivity contribution in [3.8, 4) is 0 Å². The van der Waals surface area contributed by atoms with E-state index in [-0.39, 0.29) is 5.82 Å². The third-order valence-corrected chi connectivity index (χ3v) is 1.65. The van der Waals surface area contributed by atoms with Crippen LogP contribution >= 0.6 is 0 Å². The summed E-state index contributed by atoms with van der Waals surface area (Å²) in [5.74, 6) is -4.23. The molecule has 0 radical (unpaired) electrons. The molecule has 86 valence electrons. The fourth-order valence-electron chi connectivity index (χ4n) is 0.919. The lowest BCUT2D eigenvalue weighted by molar-refractivity contribution is -0.140. The lowest BCUT2D eigenvalue weighted by atomic mass is 10.3. The van der Waals surface area contributed by atoms with E-state index in [0.717, 1.165) is 0 Å². The van der Waals surface area contributed by atoms with Crippen molar-refractivity contribution in [2.24, 2.45) is 5.73 Å². The molecule has 0 spiro atoms. The molecule has 0 bridgehead atoms. The van der Waals surface area contributed by atoms with E-state index in [0.29, 0.717) is 4.68 Å². The molecule has 0 amide bonds. The highest BCUT2D eigenvalue weighted by Gasteiger charge is 2.42. The van der Waals surface area contributed by atoms with Gasteiger partial charge >= 0.3 is 12.3 Å². The molecule has 2 N–H and O–H groups in total. The largest absolute Gasteiger partial charge is 0.326 e. The molecule has 15 heavy (non-hydrogen) atoms. The van der Waals surface area contributed by atoms with Crippen LogP contribution in [0.4, 0.5) is 17.6 Å². The molecule has 1 rings (SSSR count). The molecule has 0 saturated carbocycles. The summed E-state index contributed by atoms with van der Waals surface area (Å²) in [7, 11) is 0. The quantitative estimate of drug-likeness (QED) is 0.764. The standard InChI is InChI=1S/C6H9F4N5/c1-3(11)4-12-13-14-15(4)2-6(9,10)5(7)8/h3,5H,2,11H2,1H3. The van der Waals surface area contributed by atoms with E-state index in [1.165, 1.54) is 6.92 Å². The number of nitrogens with two attached hydrogens (primary N) is 1. The second kappa shape index (κ2) is 4.09.